The predicted molar refractivity (Wildman–Crippen MR) is 132 cm³/mol. The van der Waals surface area contributed by atoms with Gasteiger partial charge in [-0.15, -0.1) is 10.2 Å². The number of anilines is 2. The Balaban J connectivity index is 1.41. The van der Waals surface area contributed by atoms with Crippen LogP contribution in [0.4, 0.5) is 24.8 Å². The van der Waals surface area contributed by atoms with Gasteiger partial charge in [-0.05, 0) is 30.2 Å². The van der Waals surface area contributed by atoms with Gasteiger partial charge < -0.3 is 9.88 Å². The summed E-state index contributed by atoms with van der Waals surface area (Å²) in [5.74, 6) is -2.36. The fourth-order valence-corrected chi connectivity index (χ4v) is 4.76. The lowest BCUT2D eigenvalue weighted by Crippen LogP contribution is -2.30. The third kappa shape index (κ3) is 3.78. The quantitative estimate of drug-likeness (QED) is 0.341. The summed E-state index contributed by atoms with van der Waals surface area (Å²) in [6, 6.07) is 12.2. The minimum Gasteiger partial charge on any atom is -0.342 e. The van der Waals surface area contributed by atoms with Crippen LogP contribution in [0.3, 0.4) is 0 Å². The van der Waals surface area contributed by atoms with Crippen LogP contribution in [-0.2, 0) is 19.5 Å². The Hall–Kier alpha value is -4.41. The highest BCUT2D eigenvalue weighted by Gasteiger charge is 2.43. The molecule has 0 unspecified atom stereocenters. The lowest BCUT2D eigenvalue weighted by Gasteiger charge is -2.28. The van der Waals surface area contributed by atoms with Crippen LogP contribution < -0.4 is 5.32 Å². The van der Waals surface area contributed by atoms with Crippen LogP contribution in [0.25, 0.3) is 22.6 Å². The molecule has 1 aliphatic rings. The number of nitrogens with zero attached hydrogens (tertiary/aromatic N) is 7. The minimum atomic E-state index is -3.43. The van der Waals surface area contributed by atoms with E-state index in [2.05, 4.69) is 25.6 Å². The maximum absolute atomic E-state index is 15.5. The lowest BCUT2D eigenvalue weighted by molar-refractivity contribution is 0.0258. The predicted octanol–water partition coefficient (Wildman–Crippen LogP) is 5.26. The molecule has 0 spiro atoms. The first kappa shape index (κ1) is 23.0. The number of nitrogens with one attached hydrogen (secondary N) is 1. The number of aryl methyl sites for hydroxylation is 2. The van der Waals surface area contributed by atoms with E-state index in [4.69, 9.17) is 0 Å². The summed E-state index contributed by atoms with van der Waals surface area (Å²) in [5.41, 5.74) is 3.05. The van der Waals surface area contributed by atoms with Gasteiger partial charge in [-0.2, -0.15) is 13.9 Å². The Labute approximate surface area is 210 Å². The standard InChI is InChI=1S/C26H23F3N8/c1-16-13-30-22(32-23-8-9-31-35(23)2)11-20(16)17-10-21-24-33-34-25(26(28,29)18-6-4-3-5-7-18)37(24)19(12-27)15-36(21)14-17/h3-11,13-14,19H,12,15H2,1-2H3,(H,30,32)/t19-/m0/s1. The topological polar surface area (TPSA) is 78.4 Å². The number of fused-ring (bicyclic) bond motifs is 3. The van der Waals surface area contributed by atoms with Gasteiger partial charge in [0.1, 0.15) is 18.3 Å². The van der Waals surface area contributed by atoms with Crippen molar-refractivity contribution in [2.75, 3.05) is 12.0 Å². The Bertz CT molecular complexity index is 1580. The molecule has 0 aliphatic carbocycles. The molecule has 1 atom stereocenters. The second-order valence-corrected chi connectivity index (χ2v) is 9.08. The first-order chi connectivity index (χ1) is 17.9. The molecule has 0 amide bonds. The van der Waals surface area contributed by atoms with Gasteiger partial charge in [0, 0.05) is 43.2 Å². The summed E-state index contributed by atoms with van der Waals surface area (Å²) in [4.78, 5) is 4.46. The summed E-state index contributed by atoms with van der Waals surface area (Å²) in [6.07, 6.45) is 5.34. The van der Waals surface area contributed by atoms with E-state index >= 15 is 8.78 Å². The van der Waals surface area contributed by atoms with E-state index in [1.807, 2.05) is 42.9 Å². The molecule has 8 nitrogen and oxygen atoms in total. The van der Waals surface area contributed by atoms with Gasteiger partial charge in [-0.1, -0.05) is 30.3 Å². The van der Waals surface area contributed by atoms with Crippen molar-refractivity contribution in [3.8, 4) is 22.6 Å². The van der Waals surface area contributed by atoms with E-state index in [9.17, 15) is 4.39 Å². The normalized spacial score (nSPS) is 14.9. The van der Waals surface area contributed by atoms with Crippen molar-refractivity contribution in [3.05, 3.63) is 84.1 Å². The van der Waals surface area contributed by atoms with Gasteiger partial charge in [0.25, 0.3) is 0 Å². The average molecular weight is 505 g/mol. The zero-order valence-corrected chi connectivity index (χ0v) is 20.1. The Morgan fingerprint density at radius 1 is 1.11 bits per heavy atom. The van der Waals surface area contributed by atoms with Crippen molar-refractivity contribution < 1.29 is 13.2 Å². The number of hydrogen-bond acceptors (Lipinski definition) is 5. The third-order valence-electron chi connectivity index (χ3n) is 6.68. The second kappa shape index (κ2) is 8.61. The number of halogens is 3. The molecule has 0 saturated heterocycles. The maximum Gasteiger partial charge on any atom is 0.332 e. The lowest BCUT2D eigenvalue weighted by atomic mass is 10.0. The van der Waals surface area contributed by atoms with E-state index in [0.29, 0.717) is 11.5 Å². The van der Waals surface area contributed by atoms with E-state index in [1.165, 1.54) is 28.8 Å². The number of benzene rings is 1. The van der Waals surface area contributed by atoms with Crippen molar-refractivity contribution in [2.45, 2.75) is 25.4 Å². The van der Waals surface area contributed by atoms with Crippen LogP contribution in [0.5, 0.6) is 0 Å². The Morgan fingerprint density at radius 3 is 2.65 bits per heavy atom. The molecule has 4 aromatic heterocycles. The molecule has 0 fully saturated rings. The van der Waals surface area contributed by atoms with Crippen molar-refractivity contribution in [1.29, 1.82) is 0 Å². The summed E-state index contributed by atoms with van der Waals surface area (Å²) < 4.78 is 49.9. The fourth-order valence-electron chi connectivity index (χ4n) is 4.76. The number of alkyl halides is 3. The third-order valence-corrected chi connectivity index (χ3v) is 6.68. The molecular weight excluding hydrogens is 481 g/mol. The molecule has 5 aromatic rings. The van der Waals surface area contributed by atoms with Crippen molar-refractivity contribution >= 4 is 11.6 Å². The van der Waals surface area contributed by atoms with Crippen molar-refractivity contribution in [1.82, 2.24) is 34.1 Å². The highest BCUT2D eigenvalue weighted by molar-refractivity contribution is 5.75. The SMILES string of the molecule is Cc1cnc(Nc2ccnn2C)cc1-c1cc2n(c1)C[C@H](CF)n1c-2nnc1C(F)(F)c1ccccc1. The van der Waals surface area contributed by atoms with Crippen LogP contribution in [0.15, 0.2) is 67.1 Å². The van der Waals surface area contributed by atoms with Gasteiger partial charge in [-0.25, -0.2) is 9.37 Å². The van der Waals surface area contributed by atoms with E-state index < -0.39 is 24.5 Å². The summed E-state index contributed by atoms with van der Waals surface area (Å²) >= 11 is 0. The van der Waals surface area contributed by atoms with Gasteiger partial charge >= 0.3 is 5.92 Å². The van der Waals surface area contributed by atoms with Crippen LogP contribution in [-0.4, -0.2) is 40.8 Å². The number of rotatable bonds is 6. The van der Waals surface area contributed by atoms with Crippen LogP contribution in [0.2, 0.25) is 0 Å². The first-order valence-electron chi connectivity index (χ1n) is 11.7. The molecule has 5 heterocycles. The van der Waals surface area contributed by atoms with Crippen LogP contribution in [0.1, 0.15) is 23.0 Å². The number of pyridine rings is 1. The van der Waals surface area contributed by atoms with E-state index in [1.54, 1.807) is 23.1 Å². The van der Waals surface area contributed by atoms with Gasteiger partial charge in [0.15, 0.2) is 5.82 Å². The second-order valence-electron chi connectivity index (χ2n) is 9.08. The fraction of sp³-hybridized carbons (Fsp3) is 0.231. The molecule has 11 heteroatoms. The smallest absolute Gasteiger partial charge is 0.332 e. The van der Waals surface area contributed by atoms with E-state index in [0.717, 1.165) is 22.5 Å². The van der Waals surface area contributed by atoms with Gasteiger partial charge in [-0.3, -0.25) is 9.25 Å². The van der Waals surface area contributed by atoms with E-state index in [-0.39, 0.29) is 17.9 Å². The van der Waals surface area contributed by atoms with Crippen molar-refractivity contribution in [3.63, 3.8) is 0 Å². The highest BCUT2D eigenvalue weighted by atomic mass is 19.3. The van der Waals surface area contributed by atoms with Crippen LogP contribution >= 0.6 is 0 Å². The minimum absolute atomic E-state index is 0.180. The molecule has 1 N–H and O–H groups in total. The summed E-state index contributed by atoms with van der Waals surface area (Å²) in [5, 5.41) is 15.4. The number of aromatic nitrogens is 7. The molecule has 0 radical (unpaired) electrons. The largest absolute Gasteiger partial charge is 0.342 e. The van der Waals surface area contributed by atoms with Gasteiger partial charge in [0.2, 0.25) is 5.82 Å². The molecule has 0 saturated carbocycles. The Kier molecular flexibility index (Phi) is 5.36. The maximum atomic E-state index is 15.5. The molecule has 1 aliphatic heterocycles. The zero-order chi connectivity index (χ0) is 25.7. The zero-order valence-electron chi connectivity index (χ0n) is 20.1. The van der Waals surface area contributed by atoms with Crippen molar-refractivity contribution in [2.24, 2.45) is 7.05 Å². The average Bonchev–Trinajstić information content (AvgIpc) is 3.63. The molecule has 1 aromatic carbocycles. The highest BCUT2D eigenvalue weighted by Crippen LogP contribution is 2.41. The molecule has 37 heavy (non-hydrogen) atoms. The molecule has 6 rings (SSSR count). The molecule has 0 bridgehead atoms. The van der Waals surface area contributed by atoms with Gasteiger partial charge in [0.05, 0.1) is 17.9 Å². The monoisotopic (exact) mass is 504 g/mol. The molecular formula is C26H23F3N8. The molecule has 188 valence electrons. The summed E-state index contributed by atoms with van der Waals surface area (Å²) in [7, 11) is 1.83. The summed E-state index contributed by atoms with van der Waals surface area (Å²) in [6.45, 7) is 1.29. The Morgan fingerprint density at radius 2 is 1.92 bits per heavy atom. The van der Waals surface area contributed by atoms with Crippen LogP contribution in [0, 0.1) is 6.92 Å². The number of hydrogen-bond donors (Lipinski definition) is 1. The first-order valence-corrected chi connectivity index (χ1v) is 11.7.